The van der Waals surface area contributed by atoms with Crippen LogP contribution in [0.25, 0.3) is 0 Å². The lowest BCUT2D eigenvalue weighted by atomic mass is 9.93. The molecule has 0 saturated carbocycles. The van der Waals surface area contributed by atoms with Gasteiger partial charge in [0.2, 0.25) is 0 Å². The van der Waals surface area contributed by atoms with Gasteiger partial charge in [-0.15, -0.1) is 0 Å². The van der Waals surface area contributed by atoms with E-state index in [0.717, 1.165) is 31.7 Å². The lowest BCUT2D eigenvalue weighted by Gasteiger charge is -2.28. The molecule has 2 heteroatoms. The van der Waals surface area contributed by atoms with Gasteiger partial charge in [0.1, 0.15) is 6.29 Å². The first-order valence-electron chi connectivity index (χ1n) is 5.42. The van der Waals surface area contributed by atoms with Crippen LogP contribution in [0.4, 0.5) is 0 Å². The molecule has 0 aromatic rings. The van der Waals surface area contributed by atoms with Crippen LogP contribution in [0, 0.1) is 5.92 Å². The van der Waals surface area contributed by atoms with Gasteiger partial charge >= 0.3 is 0 Å². The van der Waals surface area contributed by atoms with E-state index in [1.54, 1.807) is 0 Å². The normalized spacial score (nSPS) is 28.7. The van der Waals surface area contributed by atoms with E-state index >= 15 is 0 Å². The average molecular weight is 184 g/mol. The first-order chi connectivity index (χ1) is 6.36. The number of hydrogen-bond acceptors (Lipinski definition) is 2. The topological polar surface area (TPSA) is 26.3 Å². The fraction of sp³-hybridized carbons (Fsp3) is 0.909. The van der Waals surface area contributed by atoms with Gasteiger partial charge in [0.15, 0.2) is 0 Å². The van der Waals surface area contributed by atoms with E-state index in [4.69, 9.17) is 4.74 Å². The standard InChI is InChI=1S/C11H20O2/c1-2-4-10-6-7-11(13-9-10)5-3-8-12/h8,10-11H,2-7,9H2,1H3. The van der Waals surface area contributed by atoms with E-state index in [-0.39, 0.29) is 0 Å². The SMILES string of the molecule is CCCC1CCC(CCC=O)OC1. The number of hydrogen-bond donors (Lipinski definition) is 0. The lowest BCUT2D eigenvalue weighted by molar-refractivity contribution is -0.109. The summed E-state index contributed by atoms with van der Waals surface area (Å²) in [4.78, 5) is 10.2. The molecule has 1 heterocycles. The number of aldehydes is 1. The molecule has 1 rings (SSSR count). The molecule has 0 radical (unpaired) electrons. The monoisotopic (exact) mass is 184 g/mol. The molecule has 0 aromatic carbocycles. The average Bonchev–Trinajstić information content (AvgIpc) is 2.17. The Kier molecular flexibility index (Phi) is 5.06. The van der Waals surface area contributed by atoms with Gasteiger partial charge in [-0.05, 0) is 31.6 Å². The molecule has 2 unspecified atom stereocenters. The minimum atomic E-state index is 0.360. The third kappa shape index (κ3) is 3.90. The summed E-state index contributed by atoms with van der Waals surface area (Å²) in [6.45, 7) is 3.13. The highest BCUT2D eigenvalue weighted by Crippen LogP contribution is 2.24. The van der Waals surface area contributed by atoms with Crippen molar-refractivity contribution in [2.24, 2.45) is 5.92 Å². The molecular weight excluding hydrogens is 164 g/mol. The highest BCUT2D eigenvalue weighted by molar-refractivity contribution is 5.49. The molecule has 0 aromatic heterocycles. The summed E-state index contributed by atoms with van der Waals surface area (Å²) in [5.41, 5.74) is 0. The first-order valence-corrected chi connectivity index (χ1v) is 5.42. The van der Waals surface area contributed by atoms with Crippen LogP contribution >= 0.6 is 0 Å². The molecule has 0 bridgehead atoms. The molecule has 2 atom stereocenters. The largest absolute Gasteiger partial charge is 0.378 e. The second-order valence-corrected chi connectivity index (χ2v) is 3.93. The van der Waals surface area contributed by atoms with Crippen molar-refractivity contribution in [1.82, 2.24) is 0 Å². The molecule has 0 N–H and O–H groups in total. The third-order valence-electron chi connectivity index (χ3n) is 2.77. The van der Waals surface area contributed by atoms with Crippen molar-refractivity contribution in [3.05, 3.63) is 0 Å². The van der Waals surface area contributed by atoms with Crippen molar-refractivity contribution in [2.75, 3.05) is 6.61 Å². The number of carbonyl (C=O) groups excluding carboxylic acids is 1. The van der Waals surface area contributed by atoms with Crippen molar-refractivity contribution < 1.29 is 9.53 Å². The summed E-state index contributed by atoms with van der Waals surface area (Å²) in [7, 11) is 0. The molecule has 13 heavy (non-hydrogen) atoms. The van der Waals surface area contributed by atoms with E-state index in [1.807, 2.05) is 0 Å². The predicted octanol–water partition coefficient (Wildman–Crippen LogP) is 2.56. The van der Waals surface area contributed by atoms with Crippen molar-refractivity contribution in [3.8, 4) is 0 Å². The highest BCUT2D eigenvalue weighted by Gasteiger charge is 2.20. The van der Waals surface area contributed by atoms with Crippen LogP contribution in [0.3, 0.4) is 0 Å². The van der Waals surface area contributed by atoms with Gasteiger partial charge in [-0.3, -0.25) is 0 Å². The zero-order valence-electron chi connectivity index (χ0n) is 8.50. The van der Waals surface area contributed by atoms with Crippen LogP contribution < -0.4 is 0 Å². The van der Waals surface area contributed by atoms with Crippen LogP contribution in [0.2, 0.25) is 0 Å². The maximum absolute atomic E-state index is 10.2. The fourth-order valence-electron chi connectivity index (χ4n) is 1.98. The number of ether oxygens (including phenoxy) is 1. The Hall–Kier alpha value is -0.370. The fourth-order valence-corrected chi connectivity index (χ4v) is 1.98. The number of rotatable bonds is 5. The van der Waals surface area contributed by atoms with E-state index in [1.165, 1.54) is 19.3 Å². The second kappa shape index (κ2) is 6.14. The highest BCUT2D eigenvalue weighted by atomic mass is 16.5. The quantitative estimate of drug-likeness (QED) is 0.614. The maximum Gasteiger partial charge on any atom is 0.120 e. The van der Waals surface area contributed by atoms with Gasteiger partial charge in [-0.25, -0.2) is 0 Å². The molecule has 1 fully saturated rings. The summed E-state index contributed by atoms with van der Waals surface area (Å²) < 4.78 is 5.69. The van der Waals surface area contributed by atoms with Crippen molar-refractivity contribution in [1.29, 1.82) is 0 Å². The van der Waals surface area contributed by atoms with Gasteiger partial charge < -0.3 is 9.53 Å². The van der Waals surface area contributed by atoms with Crippen LogP contribution in [0.15, 0.2) is 0 Å². The molecule has 2 nitrogen and oxygen atoms in total. The molecule has 1 aliphatic heterocycles. The summed E-state index contributed by atoms with van der Waals surface area (Å²) in [6, 6.07) is 0. The van der Waals surface area contributed by atoms with Crippen molar-refractivity contribution in [2.45, 2.75) is 51.6 Å². The van der Waals surface area contributed by atoms with Crippen LogP contribution in [0.1, 0.15) is 45.4 Å². The number of carbonyl (C=O) groups is 1. The van der Waals surface area contributed by atoms with Gasteiger partial charge in [0, 0.05) is 13.0 Å². The molecule has 1 saturated heterocycles. The third-order valence-corrected chi connectivity index (χ3v) is 2.77. The molecule has 1 aliphatic rings. The van der Waals surface area contributed by atoms with Crippen molar-refractivity contribution in [3.63, 3.8) is 0 Å². The van der Waals surface area contributed by atoms with Gasteiger partial charge in [0.05, 0.1) is 6.10 Å². The van der Waals surface area contributed by atoms with Crippen LogP contribution in [-0.4, -0.2) is 19.0 Å². The molecule has 0 aliphatic carbocycles. The Balaban J connectivity index is 2.11. The van der Waals surface area contributed by atoms with Gasteiger partial charge in [-0.2, -0.15) is 0 Å². The zero-order valence-corrected chi connectivity index (χ0v) is 8.50. The first kappa shape index (κ1) is 10.7. The Morgan fingerprint density at radius 2 is 2.23 bits per heavy atom. The summed E-state index contributed by atoms with van der Waals surface area (Å²) >= 11 is 0. The van der Waals surface area contributed by atoms with Gasteiger partial charge in [0.25, 0.3) is 0 Å². The molecule has 76 valence electrons. The summed E-state index contributed by atoms with van der Waals surface area (Å²) in [6.07, 6.45) is 7.91. The predicted molar refractivity (Wildman–Crippen MR) is 52.7 cm³/mol. The molecule has 0 spiro atoms. The summed E-state index contributed by atoms with van der Waals surface area (Å²) in [5.74, 6) is 0.775. The smallest absolute Gasteiger partial charge is 0.120 e. The lowest BCUT2D eigenvalue weighted by Crippen LogP contribution is -2.25. The van der Waals surface area contributed by atoms with E-state index < -0.39 is 0 Å². The summed E-state index contributed by atoms with van der Waals surface area (Å²) in [5, 5.41) is 0. The van der Waals surface area contributed by atoms with Gasteiger partial charge in [-0.1, -0.05) is 13.3 Å². The van der Waals surface area contributed by atoms with E-state index in [0.29, 0.717) is 12.5 Å². The minimum Gasteiger partial charge on any atom is -0.378 e. The Bertz CT molecular complexity index is 137. The van der Waals surface area contributed by atoms with Crippen LogP contribution in [-0.2, 0) is 9.53 Å². The van der Waals surface area contributed by atoms with Crippen LogP contribution in [0.5, 0.6) is 0 Å². The maximum atomic E-state index is 10.2. The van der Waals surface area contributed by atoms with Crippen molar-refractivity contribution >= 4 is 6.29 Å². The van der Waals surface area contributed by atoms with E-state index in [9.17, 15) is 4.79 Å². The Morgan fingerprint density at radius 3 is 2.77 bits per heavy atom. The zero-order chi connectivity index (χ0) is 9.52. The second-order valence-electron chi connectivity index (χ2n) is 3.93. The minimum absolute atomic E-state index is 0.360. The molecular formula is C11H20O2. The van der Waals surface area contributed by atoms with E-state index in [2.05, 4.69) is 6.92 Å². The Morgan fingerprint density at radius 1 is 1.38 bits per heavy atom. The Labute approximate surface area is 80.7 Å². The molecule has 0 amide bonds.